The average Bonchev–Trinajstić information content (AvgIpc) is 0.837. The zero-order valence-electron chi connectivity index (χ0n) is 64.8. The lowest BCUT2D eigenvalue weighted by Crippen LogP contribution is -2.61. The van der Waals surface area contributed by atoms with Gasteiger partial charge in [-0.05, 0) is 32.1 Å². The Labute approximate surface area is 629 Å². The molecule has 0 bridgehead atoms. The fraction of sp³-hybridized carbons (Fsp3) is 1.00. The molecule has 3 heterocycles. The third-order valence-electron chi connectivity index (χ3n) is 20.6. The first-order valence-corrected chi connectivity index (χ1v) is 43.7. The summed E-state index contributed by atoms with van der Waals surface area (Å²) in [5.41, 5.74) is 16.8. The molecule has 0 radical (unpaired) electrons. The maximum absolute atomic E-state index is 10.1. The molecule has 612 valence electrons. The number of ether oxygens (including phenoxy) is 6. The van der Waals surface area contributed by atoms with Crippen molar-refractivity contribution in [3.63, 3.8) is 0 Å². The van der Waals surface area contributed by atoms with Gasteiger partial charge in [0, 0.05) is 68.9 Å². The van der Waals surface area contributed by atoms with Crippen LogP contribution >= 0.6 is 23.5 Å². The summed E-state index contributed by atoms with van der Waals surface area (Å²) in [5.74, 6) is 1.01. The zero-order valence-corrected chi connectivity index (χ0v) is 66.4. The van der Waals surface area contributed by atoms with Gasteiger partial charge in [-0.15, -0.1) is 23.5 Å². The molecule has 102 heavy (non-hydrogen) atoms. The van der Waals surface area contributed by atoms with E-state index in [0.717, 1.165) is 19.3 Å². The van der Waals surface area contributed by atoms with E-state index in [1.54, 1.807) is 0 Å². The number of hydrogen-bond donors (Lipinski definition) is 15. The first kappa shape index (κ1) is 99.9. The van der Waals surface area contributed by atoms with Crippen molar-refractivity contribution in [2.45, 2.75) is 393 Å². The van der Waals surface area contributed by atoms with Crippen molar-refractivity contribution in [2.75, 3.05) is 90.8 Å². The molecule has 3 fully saturated rings. The van der Waals surface area contributed by atoms with E-state index in [2.05, 4.69) is 20.8 Å². The van der Waals surface area contributed by atoms with Crippen LogP contribution < -0.4 is 17.2 Å². The number of hydrogen-bond acceptors (Lipinski definition) is 23. The van der Waals surface area contributed by atoms with Crippen molar-refractivity contribution in [3.05, 3.63) is 0 Å². The Bertz CT molecular complexity index is 1560. The molecule has 0 aromatic carbocycles. The molecule has 0 aromatic rings. The molecule has 3 rings (SSSR count). The lowest BCUT2D eigenvalue weighted by molar-refractivity contribution is -0.191. The van der Waals surface area contributed by atoms with Crippen LogP contribution in [0.5, 0.6) is 0 Å². The van der Waals surface area contributed by atoms with Gasteiger partial charge in [-0.2, -0.15) is 0 Å². The van der Waals surface area contributed by atoms with Gasteiger partial charge in [0.05, 0.1) is 63.9 Å². The van der Waals surface area contributed by atoms with Crippen LogP contribution in [-0.2, 0) is 28.4 Å². The highest BCUT2D eigenvalue weighted by atomic mass is 32.2. The minimum Gasteiger partial charge on any atom is -0.396 e. The minimum absolute atomic E-state index is 0.00229. The van der Waals surface area contributed by atoms with E-state index in [1.165, 1.54) is 274 Å². The summed E-state index contributed by atoms with van der Waals surface area (Å²) in [6.07, 6.45) is 47.2. The number of unbranched alkanes of at least 4 members (excludes halogenated alkanes) is 39. The molecular formula is C79H161N3O18S2. The number of nitrogens with two attached hydrogens (primary N) is 3. The topological polar surface area (TPSA) is 376 Å². The molecule has 21 nitrogen and oxygen atoms in total. The van der Waals surface area contributed by atoms with Crippen LogP contribution in [0, 0.1) is 17.8 Å². The van der Waals surface area contributed by atoms with Crippen molar-refractivity contribution in [1.29, 1.82) is 0 Å². The van der Waals surface area contributed by atoms with Gasteiger partial charge in [-0.3, -0.25) is 0 Å². The molecule has 0 spiro atoms. The van der Waals surface area contributed by atoms with Gasteiger partial charge in [0.2, 0.25) is 0 Å². The molecule has 3 aliphatic rings. The van der Waals surface area contributed by atoms with Crippen LogP contribution in [0.4, 0.5) is 0 Å². The normalized spacial score (nSPS) is 26.1. The van der Waals surface area contributed by atoms with Crippen molar-refractivity contribution >= 4 is 23.5 Å². The predicted octanol–water partition coefficient (Wildman–Crippen LogP) is 10.9. The molecule has 3 aliphatic heterocycles. The van der Waals surface area contributed by atoms with Crippen LogP contribution in [0.2, 0.25) is 0 Å². The van der Waals surface area contributed by atoms with Crippen LogP contribution in [0.15, 0.2) is 0 Å². The Morgan fingerprint density at radius 1 is 0.294 bits per heavy atom. The van der Waals surface area contributed by atoms with E-state index < -0.39 is 90.0 Å². The number of rotatable bonds is 66. The second kappa shape index (κ2) is 70.0. The first-order chi connectivity index (χ1) is 49.6. The zero-order chi connectivity index (χ0) is 75.1. The highest BCUT2D eigenvalue weighted by Crippen LogP contribution is 2.31. The largest absolute Gasteiger partial charge is 0.396 e. The van der Waals surface area contributed by atoms with E-state index in [9.17, 15) is 61.3 Å². The summed E-state index contributed by atoms with van der Waals surface area (Å²) in [6.45, 7) is 9.25. The fourth-order valence-corrected chi connectivity index (χ4v) is 15.9. The predicted molar refractivity (Wildman–Crippen MR) is 416 cm³/mol. The number of aliphatic hydroxyl groups is 12. The summed E-state index contributed by atoms with van der Waals surface area (Å²) in [7, 11) is 0. The second-order valence-electron chi connectivity index (χ2n) is 29.9. The fourth-order valence-electron chi connectivity index (χ4n) is 13.3. The molecular weight excluding hydrogens is 1340 g/mol. The Kier molecular flexibility index (Phi) is 68.5. The van der Waals surface area contributed by atoms with Gasteiger partial charge in [0.1, 0.15) is 65.8 Å². The number of thioether (sulfide) groups is 2. The van der Waals surface area contributed by atoms with E-state index in [1.807, 2.05) is 0 Å². The molecule has 0 saturated carbocycles. The summed E-state index contributed by atoms with van der Waals surface area (Å²) in [5, 5.41) is 117. The van der Waals surface area contributed by atoms with Crippen molar-refractivity contribution < 1.29 is 89.7 Å². The molecule has 0 amide bonds. The third-order valence-corrected chi connectivity index (χ3v) is 23.4. The molecule has 0 aliphatic carbocycles. The average molecular weight is 1510 g/mol. The Hall–Kier alpha value is -0.140. The van der Waals surface area contributed by atoms with Crippen molar-refractivity contribution in [3.8, 4) is 0 Å². The van der Waals surface area contributed by atoms with E-state index in [-0.39, 0.29) is 57.4 Å². The van der Waals surface area contributed by atoms with E-state index in [4.69, 9.17) is 45.6 Å². The summed E-state index contributed by atoms with van der Waals surface area (Å²) >= 11 is 2.76. The monoisotopic (exact) mass is 1500 g/mol. The summed E-state index contributed by atoms with van der Waals surface area (Å²) in [4.78, 5) is 0. The molecule has 6 unspecified atom stereocenters. The molecule has 23 heteroatoms. The maximum Gasteiger partial charge on any atom is 0.121 e. The van der Waals surface area contributed by atoms with Gasteiger partial charge in [0.25, 0.3) is 0 Å². The SMILES string of the molecule is CCCCCCCCCCCCCCCCOC[C@@H](CO)CC[C@@H]1OC(CO)[C@@H](O)[C@H](O)C1N.CCCCCCCCCCCCCCCCOC[C@@H](CO)CS[C@@H]1OC(CO)[C@@H](O)[C@H](O)C1N.CCCCCCCCCCCCCCCCOC[C@@H](CO)CS[C@H]1OC(CO)[C@@H](O)[C@H](O)C1N. The minimum atomic E-state index is -1.20. The van der Waals surface area contributed by atoms with Crippen LogP contribution in [0.3, 0.4) is 0 Å². The Balaban J connectivity index is 0.000000765. The highest BCUT2D eigenvalue weighted by molar-refractivity contribution is 8.00. The van der Waals surface area contributed by atoms with Crippen LogP contribution in [0.25, 0.3) is 0 Å². The molecule has 3 saturated heterocycles. The van der Waals surface area contributed by atoms with Gasteiger partial charge in [-0.25, -0.2) is 0 Å². The van der Waals surface area contributed by atoms with Gasteiger partial charge in [-0.1, -0.05) is 271 Å². The lowest BCUT2D eigenvalue weighted by Gasteiger charge is -2.41. The second-order valence-corrected chi connectivity index (χ2v) is 32.2. The Morgan fingerprint density at radius 2 is 0.529 bits per heavy atom. The molecule has 0 aromatic heterocycles. The van der Waals surface area contributed by atoms with Crippen molar-refractivity contribution in [2.24, 2.45) is 35.0 Å². The lowest BCUT2D eigenvalue weighted by atomic mass is 9.89. The van der Waals surface area contributed by atoms with Crippen LogP contribution in [0.1, 0.15) is 303 Å². The van der Waals surface area contributed by atoms with Gasteiger partial charge >= 0.3 is 0 Å². The third kappa shape index (κ3) is 49.2. The van der Waals surface area contributed by atoms with E-state index >= 15 is 0 Å². The van der Waals surface area contributed by atoms with Gasteiger partial charge < -0.3 is 107 Å². The van der Waals surface area contributed by atoms with Crippen LogP contribution in [-0.4, -0.2) is 242 Å². The number of aliphatic hydroxyl groups excluding tert-OH is 12. The van der Waals surface area contributed by atoms with Crippen molar-refractivity contribution in [1.82, 2.24) is 0 Å². The standard InChI is InChI=1S/C27H55NO6.2C26H53NO6S/c1-2-3-4-5-6-7-8-9-10-11-12-13-14-15-18-33-21-22(19-29)16-17-23-25(28)27(32)26(31)24(20-30)34-23;2*1-2-3-4-5-6-7-8-9-10-11-12-13-14-15-16-32-19-21(17-28)20-34-26-23(27)25(31)24(30)22(18-29)33-26/h22-27,29-32H,2-21,28H2,1H3;2*21-26,28-31H,2-20,27H2,1H3/t22-,23+,24?,25?,26-,27-;21-,22?,23?,24-,25-,26+;21-,22?,23?,24-,25-,26-/m111/s1. The molecule has 18 N–H and O–H groups in total. The summed E-state index contributed by atoms with van der Waals surface area (Å²) < 4.78 is 34.2. The summed E-state index contributed by atoms with van der Waals surface area (Å²) in [6, 6.07) is -2.22. The Morgan fingerprint density at radius 3 is 0.784 bits per heavy atom. The van der Waals surface area contributed by atoms with E-state index in [0.29, 0.717) is 64.0 Å². The van der Waals surface area contributed by atoms with Gasteiger partial charge in [0.15, 0.2) is 0 Å². The first-order valence-electron chi connectivity index (χ1n) is 41.6. The smallest absolute Gasteiger partial charge is 0.121 e. The molecule has 18 atom stereocenters. The maximum atomic E-state index is 10.1. The highest BCUT2D eigenvalue weighted by Gasteiger charge is 2.45. The quantitative estimate of drug-likeness (QED) is 0.0252.